The van der Waals surface area contributed by atoms with Crippen molar-refractivity contribution in [1.82, 2.24) is 10.6 Å². The van der Waals surface area contributed by atoms with Crippen molar-refractivity contribution in [2.75, 3.05) is 26.1 Å². The van der Waals surface area contributed by atoms with Gasteiger partial charge in [-0.2, -0.15) is 8.78 Å². The van der Waals surface area contributed by atoms with Gasteiger partial charge in [-0.15, -0.1) is 0 Å². The third kappa shape index (κ3) is 7.65. The number of hydrogen-bond acceptors (Lipinski definition) is 5. The molecule has 0 unspecified atom stereocenters. The molecule has 8 nitrogen and oxygen atoms in total. The molecular formula is C21H26F2N4O4. The molecular weight excluding hydrogens is 410 g/mol. The SMILES string of the molecule is CCOc1cccc(CNC(=NC)NCc2ccc(NC(=O)OC)cc2)c1OC(F)F. The fourth-order valence-corrected chi connectivity index (χ4v) is 2.65. The summed E-state index contributed by atoms with van der Waals surface area (Å²) in [5, 5.41) is 8.78. The van der Waals surface area contributed by atoms with Crippen LogP contribution in [0.4, 0.5) is 19.3 Å². The molecule has 0 aliphatic heterocycles. The standard InChI is InChI=1S/C21H26F2N4O4/c1-4-30-17-7-5-6-15(18(17)31-19(22)23)13-26-20(24-2)25-12-14-8-10-16(11-9-14)27-21(28)29-3/h5-11,19H,4,12-13H2,1-3H3,(H,27,28)(H2,24,25,26). The maximum absolute atomic E-state index is 12.8. The number of carbonyl (C=O) groups excluding carboxylic acids is 1. The van der Waals surface area contributed by atoms with Crippen LogP contribution in [0.2, 0.25) is 0 Å². The lowest BCUT2D eigenvalue weighted by atomic mass is 10.2. The predicted molar refractivity (Wildman–Crippen MR) is 114 cm³/mol. The number of amides is 1. The van der Waals surface area contributed by atoms with Crippen molar-refractivity contribution in [3.05, 3.63) is 53.6 Å². The fourth-order valence-electron chi connectivity index (χ4n) is 2.65. The van der Waals surface area contributed by atoms with Crippen molar-refractivity contribution < 1.29 is 27.8 Å². The van der Waals surface area contributed by atoms with Gasteiger partial charge in [-0.25, -0.2) is 4.79 Å². The molecule has 10 heteroatoms. The van der Waals surface area contributed by atoms with Gasteiger partial charge in [0, 0.05) is 31.4 Å². The number of ether oxygens (including phenoxy) is 3. The van der Waals surface area contributed by atoms with Crippen LogP contribution >= 0.6 is 0 Å². The van der Waals surface area contributed by atoms with Crippen LogP contribution in [0.15, 0.2) is 47.5 Å². The maximum Gasteiger partial charge on any atom is 0.411 e. The number of nitrogens with zero attached hydrogens (tertiary/aromatic N) is 1. The van der Waals surface area contributed by atoms with Gasteiger partial charge in [0.2, 0.25) is 0 Å². The molecule has 0 radical (unpaired) electrons. The van der Waals surface area contributed by atoms with Crippen LogP contribution in [0.3, 0.4) is 0 Å². The zero-order valence-electron chi connectivity index (χ0n) is 17.6. The van der Waals surface area contributed by atoms with Gasteiger partial charge in [0.25, 0.3) is 0 Å². The second-order valence-corrected chi connectivity index (χ2v) is 6.15. The summed E-state index contributed by atoms with van der Waals surface area (Å²) in [5.74, 6) is 0.725. The monoisotopic (exact) mass is 436 g/mol. The molecule has 0 saturated heterocycles. The molecule has 2 rings (SSSR count). The molecule has 3 N–H and O–H groups in total. The van der Waals surface area contributed by atoms with Crippen LogP contribution in [-0.2, 0) is 17.8 Å². The highest BCUT2D eigenvalue weighted by atomic mass is 19.3. The summed E-state index contributed by atoms with van der Waals surface area (Å²) in [6.07, 6.45) is -0.543. The van der Waals surface area contributed by atoms with Gasteiger partial charge in [0.05, 0.1) is 13.7 Å². The van der Waals surface area contributed by atoms with Crippen molar-refractivity contribution in [2.45, 2.75) is 26.6 Å². The molecule has 0 saturated carbocycles. The molecule has 2 aromatic carbocycles. The number of nitrogens with one attached hydrogen (secondary N) is 3. The van der Waals surface area contributed by atoms with Gasteiger partial charge in [-0.05, 0) is 30.7 Å². The molecule has 0 aromatic heterocycles. The smallest absolute Gasteiger partial charge is 0.411 e. The molecule has 0 atom stereocenters. The van der Waals surface area contributed by atoms with E-state index >= 15 is 0 Å². The molecule has 0 bridgehead atoms. The summed E-state index contributed by atoms with van der Waals surface area (Å²) in [4.78, 5) is 15.4. The number of carbonyl (C=O) groups is 1. The molecule has 168 valence electrons. The van der Waals surface area contributed by atoms with E-state index in [-0.39, 0.29) is 18.0 Å². The molecule has 0 fully saturated rings. The van der Waals surface area contributed by atoms with E-state index in [2.05, 4.69) is 30.4 Å². The third-order valence-corrected chi connectivity index (χ3v) is 4.08. The molecule has 0 aliphatic carbocycles. The van der Waals surface area contributed by atoms with Gasteiger partial charge < -0.3 is 24.8 Å². The highest BCUT2D eigenvalue weighted by molar-refractivity contribution is 5.84. The number of alkyl halides is 2. The number of para-hydroxylation sites is 1. The summed E-state index contributed by atoms with van der Waals surface area (Å²) in [6.45, 7) is -0.217. The summed E-state index contributed by atoms with van der Waals surface area (Å²) in [5.41, 5.74) is 2.06. The van der Waals surface area contributed by atoms with E-state index in [4.69, 9.17) is 4.74 Å². The van der Waals surface area contributed by atoms with Crippen LogP contribution < -0.4 is 25.4 Å². The van der Waals surface area contributed by atoms with Crippen molar-refractivity contribution in [3.8, 4) is 11.5 Å². The van der Waals surface area contributed by atoms with Crippen molar-refractivity contribution in [2.24, 2.45) is 4.99 Å². The quantitative estimate of drug-likeness (QED) is 0.410. The lowest BCUT2D eigenvalue weighted by Gasteiger charge is -2.17. The van der Waals surface area contributed by atoms with E-state index in [1.54, 1.807) is 44.3 Å². The first-order valence-corrected chi connectivity index (χ1v) is 9.54. The Balaban J connectivity index is 1.97. The van der Waals surface area contributed by atoms with Crippen molar-refractivity contribution in [3.63, 3.8) is 0 Å². The zero-order chi connectivity index (χ0) is 22.6. The average molecular weight is 436 g/mol. The Morgan fingerprint density at radius 1 is 1.10 bits per heavy atom. The van der Waals surface area contributed by atoms with Crippen LogP contribution in [0.5, 0.6) is 11.5 Å². The highest BCUT2D eigenvalue weighted by Crippen LogP contribution is 2.32. The van der Waals surface area contributed by atoms with Crippen molar-refractivity contribution in [1.29, 1.82) is 0 Å². The first kappa shape index (κ1) is 23.7. The molecule has 0 spiro atoms. The molecule has 31 heavy (non-hydrogen) atoms. The van der Waals surface area contributed by atoms with E-state index in [0.29, 0.717) is 30.4 Å². The van der Waals surface area contributed by atoms with E-state index in [1.165, 1.54) is 7.11 Å². The number of halogens is 2. The van der Waals surface area contributed by atoms with E-state index in [1.807, 2.05) is 12.1 Å². The van der Waals surface area contributed by atoms with Crippen LogP contribution in [-0.4, -0.2) is 39.4 Å². The fraction of sp³-hybridized carbons (Fsp3) is 0.333. The largest absolute Gasteiger partial charge is 0.490 e. The van der Waals surface area contributed by atoms with Gasteiger partial charge >= 0.3 is 12.7 Å². The topological polar surface area (TPSA) is 93.2 Å². The molecule has 0 heterocycles. The molecule has 1 amide bonds. The summed E-state index contributed by atoms with van der Waals surface area (Å²) in [7, 11) is 2.90. The number of guanidine groups is 1. The van der Waals surface area contributed by atoms with Crippen molar-refractivity contribution >= 4 is 17.7 Å². The maximum atomic E-state index is 12.8. The molecule has 0 aliphatic rings. The Hall–Kier alpha value is -3.56. The first-order chi connectivity index (χ1) is 15.0. The Morgan fingerprint density at radius 2 is 1.81 bits per heavy atom. The minimum Gasteiger partial charge on any atom is -0.490 e. The van der Waals surface area contributed by atoms with E-state index in [0.717, 1.165) is 5.56 Å². The number of aliphatic imine (C=N–C) groups is 1. The summed E-state index contributed by atoms with van der Waals surface area (Å²) < 4.78 is 40.3. The van der Waals surface area contributed by atoms with Gasteiger partial charge in [0.1, 0.15) is 0 Å². The van der Waals surface area contributed by atoms with E-state index < -0.39 is 12.7 Å². The molecule has 2 aromatic rings. The third-order valence-electron chi connectivity index (χ3n) is 4.08. The number of benzene rings is 2. The van der Waals surface area contributed by atoms with Gasteiger partial charge in [-0.3, -0.25) is 10.3 Å². The van der Waals surface area contributed by atoms with Crippen LogP contribution in [0.1, 0.15) is 18.1 Å². The lowest BCUT2D eigenvalue weighted by Crippen LogP contribution is -2.36. The van der Waals surface area contributed by atoms with Gasteiger partial charge in [-0.1, -0.05) is 24.3 Å². The number of methoxy groups -OCH3 is 1. The minimum atomic E-state index is -2.96. The first-order valence-electron chi connectivity index (χ1n) is 9.54. The Bertz CT molecular complexity index is 876. The summed E-state index contributed by atoms with van der Waals surface area (Å²) >= 11 is 0. The Morgan fingerprint density at radius 3 is 2.42 bits per heavy atom. The Labute approximate surface area is 179 Å². The lowest BCUT2D eigenvalue weighted by molar-refractivity contribution is -0.0520. The predicted octanol–water partition coefficient (Wildman–Crippen LogP) is 3.73. The Kier molecular flexibility index (Phi) is 9.34. The average Bonchev–Trinajstić information content (AvgIpc) is 2.76. The number of hydrogen-bond donors (Lipinski definition) is 3. The minimum absolute atomic E-state index is 0.00371. The normalized spacial score (nSPS) is 11.1. The number of anilines is 1. The second-order valence-electron chi connectivity index (χ2n) is 6.15. The highest BCUT2D eigenvalue weighted by Gasteiger charge is 2.16. The van der Waals surface area contributed by atoms with Crippen LogP contribution in [0.25, 0.3) is 0 Å². The zero-order valence-corrected chi connectivity index (χ0v) is 17.6. The van der Waals surface area contributed by atoms with Crippen LogP contribution in [0, 0.1) is 0 Å². The second kappa shape index (κ2) is 12.2. The summed E-state index contributed by atoms with van der Waals surface area (Å²) in [6, 6.07) is 12.1. The number of rotatable bonds is 9. The van der Waals surface area contributed by atoms with E-state index in [9.17, 15) is 13.6 Å². The van der Waals surface area contributed by atoms with Gasteiger partial charge in [0.15, 0.2) is 17.5 Å².